The topological polar surface area (TPSA) is 72.0 Å². The van der Waals surface area contributed by atoms with Gasteiger partial charge in [0.1, 0.15) is 0 Å². The number of carbonyl (C=O) groups excluding carboxylic acids is 2. The van der Waals surface area contributed by atoms with Crippen LogP contribution < -0.4 is 14.4 Å². The van der Waals surface area contributed by atoms with Crippen molar-refractivity contribution < 1.29 is 19.1 Å². The number of hydrogen-bond acceptors (Lipinski definition) is 6. The molecule has 0 bridgehead atoms. The number of carbonyl (C=O) groups is 2. The maximum Gasteiger partial charge on any atom is 0.229 e. The average molecular weight is 428 g/mol. The second kappa shape index (κ2) is 8.26. The standard InChI is InChI=1S/C22H25N3O4S/c26-20-5-2-9-25(20)22-23-16(14-30-22)13-21(27)24-8-1-4-17(24)15-6-7-18-19(12-15)29-11-3-10-28-18/h6-7,12,14,17H,1-5,8-11,13H2/t17-/m1/s1. The van der Waals surface area contributed by atoms with Crippen LogP contribution in [0.3, 0.4) is 0 Å². The van der Waals surface area contributed by atoms with E-state index in [1.165, 1.54) is 11.3 Å². The van der Waals surface area contributed by atoms with E-state index in [2.05, 4.69) is 4.98 Å². The Labute approximate surface area is 179 Å². The van der Waals surface area contributed by atoms with Crippen LogP contribution in [-0.4, -0.2) is 48.0 Å². The summed E-state index contributed by atoms with van der Waals surface area (Å²) in [5, 5.41) is 2.61. The van der Waals surface area contributed by atoms with Gasteiger partial charge in [-0.1, -0.05) is 6.07 Å². The number of likely N-dealkylation sites (tertiary alicyclic amines) is 1. The first kappa shape index (κ1) is 19.4. The van der Waals surface area contributed by atoms with Crippen LogP contribution in [-0.2, 0) is 16.0 Å². The molecule has 0 saturated carbocycles. The largest absolute Gasteiger partial charge is 0.490 e. The molecule has 2 aromatic rings. The zero-order valence-electron chi connectivity index (χ0n) is 16.8. The Balaban J connectivity index is 1.29. The van der Waals surface area contributed by atoms with E-state index in [4.69, 9.17) is 9.47 Å². The molecule has 7 nitrogen and oxygen atoms in total. The maximum atomic E-state index is 13.1. The molecule has 3 aliphatic rings. The summed E-state index contributed by atoms with van der Waals surface area (Å²) in [6.07, 6.45) is 4.51. The molecule has 2 saturated heterocycles. The van der Waals surface area contributed by atoms with Gasteiger partial charge in [0.15, 0.2) is 16.6 Å². The van der Waals surface area contributed by atoms with Crippen molar-refractivity contribution in [2.75, 3.05) is 31.2 Å². The molecule has 1 aromatic carbocycles. The van der Waals surface area contributed by atoms with Gasteiger partial charge in [0.05, 0.1) is 31.4 Å². The molecule has 158 valence electrons. The first-order valence-electron chi connectivity index (χ1n) is 10.6. The Kier molecular flexibility index (Phi) is 5.33. The van der Waals surface area contributed by atoms with Crippen LogP contribution in [0.5, 0.6) is 11.5 Å². The predicted molar refractivity (Wildman–Crippen MR) is 113 cm³/mol. The van der Waals surface area contributed by atoms with E-state index in [1.54, 1.807) is 4.90 Å². The van der Waals surface area contributed by atoms with Crippen molar-refractivity contribution in [2.45, 2.75) is 44.6 Å². The molecule has 0 unspecified atom stereocenters. The third kappa shape index (κ3) is 3.76. The summed E-state index contributed by atoms with van der Waals surface area (Å²) in [6.45, 7) is 2.78. The van der Waals surface area contributed by atoms with Crippen LogP contribution >= 0.6 is 11.3 Å². The highest BCUT2D eigenvalue weighted by molar-refractivity contribution is 7.14. The Hall–Kier alpha value is -2.61. The zero-order valence-corrected chi connectivity index (χ0v) is 17.7. The third-order valence-electron chi connectivity index (χ3n) is 5.91. The first-order valence-corrected chi connectivity index (χ1v) is 11.5. The van der Waals surface area contributed by atoms with Gasteiger partial charge in [0, 0.05) is 31.3 Å². The number of nitrogens with zero attached hydrogens (tertiary/aromatic N) is 3. The summed E-state index contributed by atoms with van der Waals surface area (Å²) in [5.74, 6) is 1.74. The molecule has 0 spiro atoms. The van der Waals surface area contributed by atoms with E-state index in [0.717, 1.165) is 61.5 Å². The van der Waals surface area contributed by atoms with Crippen molar-refractivity contribution in [3.8, 4) is 11.5 Å². The van der Waals surface area contributed by atoms with Gasteiger partial charge in [0.25, 0.3) is 0 Å². The molecule has 0 N–H and O–H groups in total. The summed E-state index contributed by atoms with van der Waals surface area (Å²) in [4.78, 5) is 33.3. The van der Waals surface area contributed by atoms with Gasteiger partial charge in [0.2, 0.25) is 11.8 Å². The minimum atomic E-state index is 0.0490. The van der Waals surface area contributed by atoms with Crippen molar-refractivity contribution in [2.24, 2.45) is 0 Å². The molecule has 5 rings (SSSR count). The van der Waals surface area contributed by atoms with E-state index >= 15 is 0 Å². The lowest BCUT2D eigenvalue weighted by Crippen LogP contribution is -2.32. The molecule has 0 aliphatic carbocycles. The van der Waals surface area contributed by atoms with Gasteiger partial charge in [-0.2, -0.15) is 0 Å². The van der Waals surface area contributed by atoms with Crippen molar-refractivity contribution in [3.05, 3.63) is 34.8 Å². The minimum absolute atomic E-state index is 0.0490. The van der Waals surface area contributed by atoms with Crippen LogP contribution in [0.4, 0.5) is 5.13 Å². The summed E-state index contributed by atoms with van der Waals surface area (Å²) >= 11 is 1.44. The van der Waals surface area contributed by atoms with Gasteiger partial charge in [-0.05, 0) is 37.0 Å². The van der Waals surface area contributed by atoms with Crippen molar-refractivity contribution >= 4 is 28.3 Å². The summed E-state index contributed by atoms with van der Waals surface area (Å²) < 4.78 is 11.6. The van der Waals surface area contributed by atoms with Crippen LogP contribution in [0.25, 0.3) is 0 Å². The van der Waals surface area contributed by atoms with E-state index < -0.39 is 0 Å². The Morgan fingerprint density at radius 2 is 2.00 bits per heavy atom. The summed E-state index contributed by atoms with van der Waals surface area (Å²) in [5.41, 5.74) is 1.83. The molecule has 2 amide bonds. The molecular formula is C22H25N3O4S. The molecule has 1 atom stereocenters. The van der Waals surface area contributed by atoms with E-state index in [0.29, 0.717) is 24.8 Å². The van der Waals surface area contributed by atoms with Crippen molar-refractivity contribution in [1.82, 2.24) is 9.88 Å². The first-order chi connectivity index (χ1) is 14.7. The number of benzene rings is 1. The van der Waals surface area contributed by atoms with Crippen molar-refractivity contribution in [1.29, 1.82) is 0 Å². The fourth-order valence-corrected chi connectivity index (χ4v) is 5.28. The second-order valence-electron chi connectivity index (χ2n) is 7.95. The fourth-order valence-electron chi connectivity index (χ4n) is 4.41. The number of anilines is 1. The molecule has 8 heteroatoms. The average Bonchev–Trinajstić information content (AvgIpc) is 3.46. The second-order valence-corrected chi connectivity index (χ2v) is 8.79. The Morgan fingerprint density at radius 3 is 2.83 bits per heavy atom. The van der Waals surface area contributed by atoms with Crippen LogP contribution in [0.2, 0.25) is 0 Å². The van der Waals surface area contributed by atoms with Crippen LogP contribution in [0.1, 0.15) is 49.4 Å². The number of amides is 2. The van der Waals surface area contributed by atoms with Crippen molar-refractivity contribution in [3.63, 3.8) is 0 Å². The molecular weight excluding hydrogens is 402 g/mol. The normalized spacial score (nSPS) is 21.2. The number of thiazole rings is 1. The quantitative estimate of drug-likeness (QED) is 0.748. The highest BCUT2D eigenvalue weighted by Gasteiger charge is 2.31. The lowest BCUT2D eigenvalue weighted by Gasteiger charge is -2.25. The number of rotatable bonds is 4. The van der Waals surface area contributed by atoms with Crippen LogP contribution in [0, 0.1) is 0 Å². The molecule has 2 fully saturated rings. The number of fused-ring (bicyclic) bond motifs is 1. The van der Waals surface area contributed by atoms with Gasteiger partial charge in [-0.25, -0.2) is 4.98 Å². The minimum Gasteiger partial charge on any atom is -0.490 e. The van der Waals surface area contributed by atoms with E-state index in [-0.39, 0.29) is 24.3 Å². The SMILES string of the molecule is O=C1CCCN1c1nc(CC(=O)N2CCC[C@@H]2c2ccc3c(c2)OCCCO3)cs1. The number of hydrogen-bond donors (Lipinski definition) is 0. The molecule has 0 radical (unpaired) electrons. The molecule has 3 aliphatic heterocycles. The predicted octanol–water partition coefficient (Wildman–Crippen LogP) is 3.34. The smallest absolute Gasteiger partial charge is 0.229 e. The van der Waals surface area contributed by atoms with E-state index in [1.807, 2.05) is 28.5 Å². The molecule has 1 aromatic heterocycles. The van der Waals surface area contributed by atoms with Crippen LogP contribution in [0.15, 0.2) is 23.6 Å². The highest BCUT2D eigenvalue weighted by atomic mass is 32.1. The van der Waals surface area contributed by atoms with Gasteiger partial charge in [-0.15, -0.1) is 11.3 Å². The fraction of sp³-hybridized carbons (Fsp3) is 0.500. The maximum absolute atomic E-state index is 13.1. The lowest BCUT2D eigenvalue weighted by molar-refractivity contribution is -0.131. The van der Waals surface area contributed by atoms with Gasteiger partial charge >= 0.3 is 0 Å². The molecule has 4 heterocycles. The third-order valence-corrected chi connectivity index (χ3v) is 6.82. The molecule has 30 heavy (non-hydrogen) atoms. The lowest BCUT2D eigenvalue weighted by atomic mass is 10.0. The van der Waals surface area contributed by atoms with Gasteiger partial charge < -0.3 is 14.4 Å². The summed E-state index contributed by atoms with van der Waals surface area (Å²) in [6, 6.07) is 6.07. The van der Waals surface area contributed by atoms with Gasteiger partial charge in [-0.3, -0.25) is 14.5 Å². The Bertz CT molecular complexity index is 960. The summed E-state index contributed by atoms with van der Waals surface area (Å²) in [7, 11) is 0. The number of aromatic nitrogens is 1. The van der Waals surface area contributed by atoms with E-state index in [9.17, 15) is 9.59 Å². The number of ether oxygens (including phenoxy) is 2. The zero-order chi connectivity index (χ0) is 20.5. The monoisotopic (exact) mass is 427 g/mol. The highest BCUT2D eigenvalue weighted by Crippen LogP contribution is 2.38. The Morgan fingerprint density at radius 1 is 1.13 bits per heavy atom.